The van der Waals surface area contributed by atoms with Crippen molar-refractivity contribution < 1.29 is 24.1 Å². The number of amides is 1. The van der Waals surface area contributed by atoms with E-state index in [-0.39, 0.29) is 17.7 Å². The number of allylic oxidation sites excluding steroid dienone is 2. The number of phenols is 1. The molecule has 36 heavy (non-hydrogen) atoms. The molecular formula is C29H38N2O5. The van der Waals surface area contributed by atoms with Crippen LogP contribution in [0.15, 0.2) is 35.9 Å². The molecule has 0 aromatic heterocycles. The Morgan fingerprint density at radius 2 is 1.75 bits per heavy atom. The van der Waals surface area contributed by atoms with E-state index in [0.29, 0.717) is 17.9 Å². The predicted molar refractivity (Wildman–Crippen MR) is 145 cm³/mol. The van der Waals surface area contributed by atoms with Crippen molar-refractivity contribution in [3.8, 4) is 23.0 Å². The monoisotopic (exact) mass is 494 g/mol. The van der Waals surface area contributed by atoms with E-state index in [4.69, 9.17) is 14.2 Å². The Bertz CT molecular complexity index is 1140. The number of likely N-dealkylation sites (N-methyl/N-ethyl adjacent to an activating group) is 1. The summed E-state index contributed by atoms with van der Waals surface area (Å²) >= 11 is 0. The summed E-state index contributed by atoms with van der Waals surface area (Å²) in [7, 11) is 6.73. The number of carbonyl (C=O) groups excluding carboxylic acids is 1. The molecule has 1 unspecified atom stereocenters. The lowest BCUT2D eigenvalue weighted by Crippen LogP contribution is -2.36. The fourth-order valence-corrected chi connectivity index (χ4v) is 4.77. The maximum atomic E-state index is 13.0. The maximum Gasteiger partial charge on any atom is 0.224 e. The summed E-state index contributed by atoms with van der Waals surface area (Å²) in [6.07, 6.45) is 3.30. The van der Waals surface area contributed by atoms with Crippen LogP contribution in [0.3, 0.4) is 0 Å². The average Bonchev–Trinajstić information content (AvgIpc) is 3.41. The van der Waals surface area contributed by atoms with Gasteiger partial charge < -0.3 is 29.5 Å². The van der Waals surface area contributed by atoms with Gasteiger partial charge in [-0.1, -0.05) is 19.9 Å². The highest BCUT2D eigenvalue weighted by Crippen LogP contribution is 2.46. The van der Waals surface area contributed by atoms with Crippen LogP contribution in [0.25, 0.3) is 17.2 Å². The molecule has 1 aliphatic heterocycles. The van der Waals surface area contributed by atoms with E-state index in [1.165, 1.54) is 14.2 Å². The van der Waals surface area contributed by atoms with Crippen LogP contribution < -0.4 is 19.5 Å². The minimum atomic E-state index is -0.0362. The number of fused-ring (bicyclic) bond motifs is 1. The number of methoxy groups -OCH3 is 3. The van der Waals surface area contributed by atoms with Gasteiger partial charge in [0.25, 0.3) is 0 Å². The number of hydrogen-bond acceptors (Lipinski definition) is 6. The number of carbonyl (C=O) groups is 1. The van der Waals surface area contributed by atoms with E-state index in [0.717, 1.165) is 58.7 Å². The molecule has 1 aliphatic carbocycles. The van der Waals surface area contributed by atoms with E-state index in [9.17, 15) is 9.90 Å². The number of nitrogens with one attached hydrogen (secondary N) is 1. The standard InChI is InChI=1S/C27H32N2O5.C2H6/c1-16-21(10-17-11-24(33-4)27(31)25(12-17)34-5)20-7-6-19(32-3)13-23(20)22(16)14-26(30)28-18-8-9-29(2)15-18;1-2/h6-7,10-13,18,31H,8-9,14-15H2,1-5H3,(H,28,30);1-2H3/b21-10-;. The molecule has 0 spiro atoms. The molecule has 1 saturated heterocycles. The molecule has 1 heterocycles. The molecule has 1 fully saturated rings. The quantitative estimate of drug-likeness (QED) is 0.565. The SMILES string of the molecule is CC.COc1ccc2c(c1)C(CC(=O)NC1CCN(C)C1)=C(C)/C2=C/c1cc(OC)c(O)c(OC)c1. The van der Waals surface area contributed by atoms with Crippen LogP contribution in [0.4, 0.5) is 0 Å². The second-order valence-electron chi connectivity index (χ2n) is 8.84. The van der Waals surface area contributed by atoms with Gasteiger partial charge in [0.2, 0.25) is 11.7 Å². The Morgan fingerprint density at radius 1 is 1.08 bits per heavy atom. The lowest BCUT2D eigenvalue weighted by molar-refractivity contribution is -0.120. The molecule has 2 aliphatic rings. The van der Waals surface area contributed by atoms with E-state index >= 15 is 0 Å². The first-order valence-corrected chi connectivity index (χ1v) is 12.4. The summed E-state index contributed by atoms with van der Waals surface area (Å²) in [6.45, 7) is 7.92. The van der Waals surface area contributed by atoms with Gasteiger partial charge in [0, 0.05) is 12.6 Å². The van der Waals surface area contributed by atoms with Gasteiger partial charge in [0.1, 0.15) is 5.75 Å². The van der Waals surface area contributed by atoms with Crippen LogP contribution in [0, 0.1) is 0 Å². The Hall–Kier alpha value is -3.45. The largest absolute Gasteiger partial charge is 0.502 e. The average molecular weight is 495 g/mol. The van der Waals surface area contributed by atoms with Crippen molar-refractivity contribution in [3.05, 3.63) is 52.6 Å². The number of nitrogens with zero attached hydrogens (tertiary/aromatic N) is 1. The van der Waals surface area contributed by atoms with Gasteiger partial charge in [-0.3, -0.25) is 4.79 Å². The number of phenolic OH excluding ortho intramolecular Hbond substituents is 1. The van der Waals surface area contributed by atoms with E-state index in [1.807, 2.05) is 45.0 Å². The Labute approximate surface area is 214 Å². The Kier molecular flexibility index (Phi) is 9.04. The minimum Gasteiger partial charge on any atom is -0.502 e. The van der Waals surface area contributed by atoms with E-state index < -0.39 is 0 Å². The zero-order valence-electron chi connectivity index (χ0n) is 22.4. The third-order valence-corrected chi connectivity index (χ3v) is 6.61. The van der Waals surface area contributed by atoms with Crippen LogP contribution in [0.2, 0.25) is 0 Å². The predicted octanol–water partition coefficient (Wildman–Crippen LogP) is 4.98. The lowest BCUT2D eigenvalue weighted by Gasteiger charge is -2.14. The number of hydrogen-bond donors (Lipinski definition) is 2. The summed E-state index contributed by atoms with van der Waals surface area (Å²) in [5, 5.41) is 13.5. The Morgan fingerprint density at radius 3 is 2.31 bits per heavy atom. The molecule has 0 radical (unpaired) electrons. The van der Waals surface area contributed by atoms with Crippen molar-refractivity contribution in [3.63, 3.8) is 0 Å². The third-order valence-electron chi connectivity index (χ3n) is 6.61. The zero-order chi connectivity index (χ0) is 26.4. The van der Waals surface area contributed by atoms with E-state index in [1.54, 1.807) is 19.2 Å². The molecule has 2 N–H and O–H groups in total. The zero-order valence-corrected chi connectivity index (χ0v) is 22.4. The summed E-state index contributed by atoms with van der Waals surface area (Å²) < 4.78 is 16.1. The van der Waals surface area contributed by atoms with Crippen LogP contribution >= 0.6 is 0 Å². The number of likely N-dealkylation sites (tertiary alicyclic amines) is 1. The third kappa shape index (κ3) is 5.68. The minimum absolute atomic E-state index is 0.0256. The van der Waals surface area contributed by atoms with Gasteiger partial charge in [0.15, 0.2) is 11.5 Å². The van der Waals surface area contributed by atoms with Crippen molar-refractivity contribution in [2.45, 2.75) is 39.7 Å². The van der Waals surface area contributed by atoms with Gasteiger partial charge in [-0.15, -0.1) is 0 Å². The fourth-order valence-electron chi connectivity index (χ4n) is 4.77. The first-order chi connectivity index (χ1) is 17.3. The number of ether oxygens (including phenoxy) is 3. The molecule has 2 aromatic carbocycles. The number of benzene rings is 2. The second kappa shape index (κ2) is 12.0. The van der Waals surface area contributed by atoms with Crippen molar-refractivity contribution in [2.24, 2.45) is 0 Å². The van der Waals surface area contributed by atoms with Gasteiger partial charge >= 0.3 is 0 Å². The highest BCUT2D eigenvalue weighted by molar-refractivity contribution is 6.08. The first kappa shape index (κ1) is 27.1. The lowest BCUT2D eigenvalue weighted by atomic mass is 10.00. The molecule has 4 rings (SSSR count). The summed E-state index contributed by atoms with van der Waals surface area (Å²) in [4.78, 5) is 15.2. The second-order valence-corrected chi connectivity index (χ2v) is 8.84. The van der Waals surface area contributed by atoms with Crippen LogP contribution in [0.1, 0.15) is 50.3 Å². The molecule has 2 aromatic rings. The number of aromatic hydroxyl groups is 1. The summed E-state index contributed by atoms with van der Waals surface area (Å²) in [6, 6.07) is 9.66. The van der Waals surface area contributed by atoms with Crippen molar-refractivity contribution in [1.82, 2.24) is 10.2 Å². The van der Waals surface area contributed by atoms with Gasteiger partial charge in [-0.25, -0.2) is 0 Å². The molecule has 7 nitrogen and oxygen atoms in total. The molecule has 0 bridgehead atoms. The van der Waals surface area contributed by atoms with Crippen molar-refractivity contribution in [1.29, 1.82) is 0 Å². The van der Waals surface area contributed by atoms with Crippen LogP contribution in [-0.2, 0) is 4.79 Å². The highest BCUT2D eigenvalue weighted by Gasteiger charge is 2.28. The van der Waals surface area contributed by atoms with Crippen LogP contribution in [0.5, 0.6) is 23.0 Å². The topological polar surface area (TPSA) is 80.3 Å². The van der Waals surface area contributed by atoms with E-state index in [2.05, 4.69) is 17.3 Å². The normalized spacial score (nSPS) is 18.0. The molecule has 1 atom stereocenters. The smallest absolute Gasteiger partial charge is 0.224 e. The summed E-state index contributed by atoms with van der Waals surface area (Å²) in [5.41, 5.74) is 5.89. The van der Waals surface area contributed by atoms with Crippen LogP contribution in [-0.4, -0.2) is 63.4 Å². The molecule has 0 saturated carbocycles. The molecule has 1 amide bonds. The molecule has 194 valence electrons. The first-order valence-electron chi connectivity index (χ1n) is 12.4. The Balaban J connectivity index is 0.00000176. The van der Waals surface area contributed by atoms with Crippen molar-refractivity contribution in [2.75, 3.05) is 41.5 Å². The fraction of sp³-hybridized carbons (Fsp3) is 0.414. The number of rotatable bonds is 7. The summed E-state index contributed by atoms with van der Waals surface area (Å²) in [5.74, 6) is 1.41. The van der Waals surface area contributed by atoms with Crippen molar-refractivity contribution >= 4 is 23.1 Å². The maximum absolute atomic E-state index is 13.0. The highest BCUT2D eigenvalue weighted by atomic mass is 16.5. The van der Waals surface area contributed by atoms with Gasteiger partial charge in [0.05, 0.1) is 27.8 Å². The van der Waals surface area contributed by atoms with Gasteiger partial charge in [-0.05, 0) is 90.7 Å². The molecular weight excluding hydrogens is 456 g/mol. The van der Waals surface area contributed by atoms with Gasteiger partial charge in [-0.2, -0.15) is 0 Å². The molecule has 7 heteroatoms.